The molecule has 5 nitrogen and oxygen atoms in total. The van der Waals surface area contributed by atoms with Crippen molar-refractivity contribution in [3.8, 4) is 0 Å². The van der Waals surface area contributed by atoms with E-state index in [2.05, 4.69) is 22.3 Å². The molecule has 1 amide bonds. The number of piperidine rings is 1. The summed E-state index contributed by atoms with van der Waals surface area (Å²) in [5.74, 6) is 1.65. The summed E-state index contributed by atoms with van der Waals surface area (Å²) >= 11 is 0. The predicted molar refractivity (Wildman–Crippen MR) is 103 cm³/mol. The molecule has 1 atom stereocenters. The summed E-state index contributed by atoms with van der Waals surface area (Å²) < 4.78 is 5.64. The molecule has 3 heterocycles. The standard InChI is InChI=1S/C22H25N3O2/c26-22(25-12-9-18(10-13-25)20-8-11-23-24-20)16-19(21-7-4-14-27-21)15-17-5-2-1-3-6-17/h1-8,11,14,18-19H,9-10,12-13,15-16H2,(H,23,24). The van der Waals surface area contributed by atoms with E-state index in [4.69, 9.17) is 4.42 Å². The lowest BCUT2D eigenvalue weighted by Gasteiger charge is -2.32. The van der Waals surface area contributed by atoms with Gasteiger partial charge in [-0.3, -0.25) is 9.89 Å². The Morgan fingerprint density at radius 2 is 1.96 bits per heavy atom. The van der Waals surface area contributed by atoms with Crippen LogP contribution in [0.2, 0.25) is 0 Å². The Kier molecular flexibility index (Phi) is 5.37. The smallest absolute Gasteiger partial charge is 0.223 e. The van der Waals surface area contributed by atoms with E-state index in [0.29, 0.717) is 12.3 Å². The van der Waals surface area contributed by atoms with Gasteiger partial charge in [-0.1, -0.05) is 30.3 Å². The molecule has 0 spiro atoms. The van der Waals surface area contributed by atoms with Gasteiger partial charge in [0.05, 0.1) is 6.26 Å². The Labute approximate surface area is 159 Å². The van der Waals surface area contributed by atoms with Crippen molar-refractivity contribution in [1.29, 1.82) is 0 Å². The number of hydrogen-bond acceptors (Lipinski definition) is 3. The maximum absolute atomic E-state index is 13.0. The van der Waals surface area contributed by atoms with Crippen LogP contribution >= 0.6 is 0 Å². The number of hydrogen-bond donors (Lipinski definition) is 1. The number of aromatic amines is 1. The molecule has 140 valence electrons. The zero-order chi connectivity index (χ0) is 18.5. The molecule has 0 bridgehead atoms. The van der Waals surface area contributed by atoms with Crippen LogP contribution in [-0.2, 0) is 11.2 Å². The van der Waals surface area contributed by atoms with Gasteiger partial charge in [0.25, 0.3) is 0 Å². The van der Waals surface area contributed by atoms with E-state index < -0.39 is 0 Å². The Balaban J connectivity index is 1.38. The number of nitrogens with one attached hydrogen (secondary N) is 1. The number of carbonyl (C=O) groups excluding carboxylic acids is 1. The summed E-state index contributed by atoms with van der Waals surface area (Å²) in [6.45, 7) is 1.61. The molecule has 1 aromatic carbocycles. The molecule has 0 aliphatic carbocycles. The van der Waals surface area contributed by atoms with Crippen molar-refractivity contribution in [2.24, 2.45) is 0 Å². The molecular weight excluding hydrogens is 338 g/mol. The van der Waals surface area contributed by atoms with E-state index in [1.54, 1.807) is 12.5 Å². The van der Waals surface area contributed by atoms with E-state index in [1.165, 1.54) is 11.3 Å². The molecular formula is C22H25N3O2. The minimum atomic E-state index is 0.0697. The summed E-state index contributed by atoms with van der Waals surface area (Å²) in [6, 6.07) is 16.2. The number of benzene rings is 1. The topological polar surface area (TPSA) is 62.1 Å². The Morgan fingerprint density at radius 1 is 1.15 bits per heavy atom. The van der Waals surface area contributed by atoms with Crippen LogP contribution in [0.15, 0.2) is 65.4 Å². The van der Waals surface area contributed by atoms with Crippen molar-refractivity contribution in [2.75, 3.05) is 13.1 Å². The molecule has 1 aliphatic rings. The zero-order valence-electron chi connectivity index (χ0n) is 15.4. The number of furan rings is 1. The summed E-state index contributed by atoms with van der Waals surface area (Å²) in [5, 5.41) is 7.11. The monoisotopic (exact) mass is 363 g/mol. The first-order valence-corrected chi connectivity index (χ1v) is 9.64. The molecule has 0 saturated carbocycles. The molecule has 1 unspecified atom stereocenters. The van der Waals surface area contributed by atoms with E-state index in [9.17, 15) is 4.79 Å². The highest BCUT2D eigenvalue weighted by Gasteiger charge is 2.27. The summed E-state index contributed by atoms with van der Waals surface area (Å²) in [4.78, 5) is 15.0. The number of likely N-dealkylation sites (tertiary alicyclic amines) is 1. The fourth-order valence-corrected chi connectivity index (χ4v) is 3.97. The predicted octanol–water partition coefficient (Wildman–Crippen LogP) is 4.13. The summed E-state index contributed by atoms with van der Waals surface area (Å²) in [6.07, 6.45) is 6.75. The lowest BCUT2D eigenvalue weighted by atomic mass is 9.91. The van der Waals surface area contributed by atoms with Crippen LogP contribution in [0.5, 0.6) is 0 Å². The van der Waals surface area contributed by atoms with Crippen LogP contribution in [0.25, 0.3) is 0 Å². The van der Waals surface area contributed by atoms with Gasteiger partial charge in [0, 0.05) is 43.2 Å². The average Bonchev–Trinajstić information content (AvgIpc) is 3.42. The van der Waals surface area contributed by atoms with Crippen molar-refractivity contribution in [2.45, 2.75) is 37.5 Å². The second kappa shape index (κ2) is 8.25. The van der Waals surface area contributed by atoms with Crippen LogP contribution in [0.4, 0.5) is 0 Å². The quantitative estimate of drug-likeness (QED) is 0.716. The second-order valence-electron chi connectivity index (χ2n) is 7.27. The summed E-state index contributed by atoms with van der Waals surface area (Å²) in [7, 11) is 0. The van der Waals surface area contributed by atoms with E-state index in [-0.39, 0.29) is 11.8 Å². The van der Waals surface area contributed by atoms with Gasteiger partial charge in [0.1, 0.15) is 5.76 Å². The molecule has 1 N–H and O–H groups in total. The van der Waals surface area contributed by atoms with Crippen molar-refractivity contribution in [3.05, 3.63) is 78.0 Å². The van der Waals surface area contributed by atoms with E-state index in [0.717, 1.165) is 38.1 Å². The first-order chi connectivity index (χ1) is 13.3. The number of nitrogens with zero attached hydrogens (tertiary/aromatic N) is 2. The van der Waals surface area contributed by atoms with Crippen LogP contribution in [0.3, 0.4) is 0 Å². The molecule has 1 fully saturated rings. The van der Waals surface area contributed by atoms with Gasteiger partial charge in [0.2, 0.25) is 5.91 Å². The van der Waals surface area contributed by atoms with Crippen molar-refractivity contribution in [1.82, 2.24) is 15.1 Å². The number of carbonyl (C=O) groups is 1. The molecule has 1 aliphatic heterocycles. The van der Waals surface area contributed by atoms with Gasteiger partial charge in [-0.25, -0.2) is 0 Å². The molecule has 0 radical (unpaired) electrons. The largest absolute Gasteiger partial charge is 0.469 e. The van der Waals surface area contributed by atoms with Gasteiger partial charge in [-0.05, 0) is 43.0 Å². The Morgan fingerprint density at radius 3 is 2.63 bits per heavy atom. The van der Waals surface area contributed by atoms with Gasteiger partial charge in [0.15, 0.2) is 0 Å². The number of aromatic nitrogens is 2. The van der Waals surface area contributed by atoms with Gasteiger partial charge < -0.3 is 9.32 Å². The third kappa shape index (κ3) is 4.30. The number of H-pyrrole nitrogens is 1. The highest BCUT2D eigenvalue weighted by Crippen LogP contribution is 2.29. The molecule has 5 heteroatoms. The maximum atomic E-state index is 13.0. The van der Waals surface area contributed by atoms with Gasteiger partial charge in [-0.2, -0.15) is 5.10 Å². The molecule has 27 heavy (non-hydrogen) atoms. The van der Waals surface area contributed by atoms with E-state index in [1.807, 2.05) is 41.3 Å². The van der Waals surface area contributed by atoms with Crippen LogP contribution < -0.4 is 0 Å². The van der Waals surface area contributed by atoms with Crippen molar-refractivity contribution < 1.29 is 9.21 Å². The Hall–Kier alpha value is -2.82. The summed E-state index contributed by atoms with van der Waals surface area (Å²) in [5.41, 5.74) is 2.41. The van der Waals surface area contributed by atoms with Crippen LogP contribution in [0, 0.1) is 0 Å². The Bertz CT molecular complexity index is 820. The minimum Gasteiger partial charge on any atom is -0.469 e. The fraction of sp³-hybridized carbons (Fsp3) is 0.364. The first kappa shape index (κ1) is 17.6. The van der Waals surface area contributed by atoms with Crippen LogP contribution in [-0.4, -0.2) is 34.1 Å². The first-order valence-electron chi connectivity index (χ1n) is 9.64. The lowest BCUT2D eigenvalue weighted by Crippen LogP contribution is -2.38. The van der Waals surface area contributed by atoms with Crippen molar-refractivity contribution >= 4 is 5.91 Å². The maximum Gasteiger partial charge on any atom is 0.223 e. The molecule has 1 saturated heterocycles. The van der Waals surface area contributed by atoms with Gasteiger partial charge >= 0.3 is 0 Å². The average molecular weight is 363 g/mol. The number of rotatable bonds is 6. The normalized spacial score (nSPS) is 16.4. The SMILES string of the molecule is O=C(CC(Cc1ccccc1)c1ccco1)N1CCC(c2ccn[nH]2)CC1. The minimum absolute atomic E-state index is 0.0697. The lowest BCUT2D eigenvalue weighted by molar-refractivity contribution is -0.132. The van der Waals surface area contributed by atoms with E-state index >= 15 is 0 Å². The number of amides is 1. The fourth-order valence-electron chi connectivity index (χ4n) is 3.97. The molecule has 3 aromatic rings. The molecule has 2 aromatic heterocycles. The van der Waals surface area contributed by atoms with Crippen molar-refractivity contribution in [3.63, 3.8) is 0 Å². The second-order valence-corrected chi connectivity index (χ2v) is 7.27. The third-order valence-electron chi connectivity index (χ3n) is 5.50. The zero-order valence-corrected chi connectivity index (χ0v) is 15.4. The van der Waals surface area contributed by atoms with Gasteiger partial charge in [-0.15, -0.1) is 0 Å². The highest BCUT2D eigenvalue weighted by atomic mass is 16.3. The third-order valence-corrected chi connectivity index (χ3v) is 5.50. The highest BCUT2D eigenvalue weighted by molar-refractivity contribution is 5.77. The molecule has 4 rings (SSSR count). The van der Waals surface area contributed by atoms with Crippen LogP contribution in [0.1, 0.15) is 48.1 Å².